The molecule has 0 bridgehead atoms. The van der Waals surface area contributed by atoms with Gasteiger partial charge in [0.1, 0.15) is 12.4 Å². The number of likely N-dealkylation sites (N-methyl/N-ethyl adjacent to an activating group) is 1. The zero-order chi connectivity index (χ0) is 13.5. The lowest BCUT2D eigenvalue weighted by Gasteiger charge is -2.19. The van der Waals surface area contributed by atoms with Crippen LogP contribution in [-0.4, -0.2) is 42.7 Å². The van der Waals surface area contributed by atoms with Crippen molar-refractivity contribution in [1.29, 1.82) is 0 Å². The Morgan fingerprint density at radius 3 is 2.83 bits per heavy atom. The molecule has 1 atom stereocenters. The number of ether oxygens (including phenoxy) is 1. The van der Waals surface area contributed by atoms with E-state index >= 15 is 0 Å². The molecule has 18 heavy (non-hydrogen) atoms. The van der Waals surface area contributed by atoms with Gasteiger partial charge in [-0.15, -0.1) is 0 Å². The van der Waals surface area contributed by atoms with E-state index < -0.39 is 5.97 Å². The van der Waals surface area contributed by atoms with Gasteiger partial charge in [0.2, 0.25) is 0 Å². The first-order valence-electron chi connectivity index (χ1n) is 6.10. The second-order valence-corrected chi connectivity index (χ2v) is 4.67. The number of carbonyl (C=O) groups is 1. The zero-order valence-electron chi connectivity index (χ0n) is 11.2. The number of hydrogen-bond acceptors (Lipinski definition) is 3. The summed E-state index contributed by atoms with van der Waals surface area (Å²) in [5.74, 6) is -0.259. The lowest BCUT2D eigenvalue weighted by atomic mass is 10.2. The Morgan fingerprint density at radius 2 is 2.22 bits per heavy atom. The number of carboxylic acid groups (broad SMARTS) is 1. The van der Waals surface area contributed by atoms with E-state index in [1.807, 2.05) is 43.1 Å². The number of benzene rings is 1. The van der Waals surface area contributed by atoms with Crippen molar-refractivity contribution >= 4 is 5.97 Å². The molecule has 0 aliphatic rings. The first-order chi connectivity index (χ1) is 8.49. The molecule has 1 aromatic carbocycles. The van der Waals surface area contributed by atoms with Crippen LogP contribution in [0.4, 0.5) is 0 Å². The topological polar surface area (TPSA) is 49.8 Å². The fraction of sp³-hybridized carbons (Fsp3) is 0.500. The molecule has 0 aliphatic heterocycles. The lowest BCUT2D eigenvalue weighted by molar-refractivity contribution is -0.141. The van der Waals surface area contributed by atoms with Crippen molar-refractivity contribution in [1.82, 2.24) is 4.90 Å². The number of hydrogen-bond donors (Lipinski definition) is 1. The Kier molecular flexibility index (Phi) is 5.65. The molecule has 0 heterocycles. The minimum atomic E-state index is -0.763. The van der Waals surface area contributed by atoms with Crippen LogP contribution in [0.2, 0.25) is 0 Å². The summed E-state index contributed by atoms with van der Waals surface area (Å²) in [6.45, 7) is 5.54. The van der Waals surface area contributed by atoms with E-state index in [0.29, 0.717) is 19.7 Å². The standard InChI is InChI=1S/C14H21NO3/c1-11-5-4-6-13(9-11)18-8-7-15(3)10-12(2)14(16)17/h4-6,9,12H,7-8,10H2,1-3H3,(H,16,17)/t12-/m0/s1. The molecule has 0 aromatic heterocycles. The molecule has 1 aromatic rings. The van der Waals surface area contributed by atoms with Crippen molar-refractivity contribution in [3.8, 4) is 5.75 Å². The van der Waals surface area contributed by atoms with Gasteiger partial charge in [-0.25, -0.2) is 0 Å². The molecule has 1 rings (SSSR count). The summed E-state index contributed by atoms with van der Waals surface area (Å²) in [7, 11) is 1.90. The molecule has 0 saturated carbocycles. The second-order valence-electron chi connectivity index (χ2n) is 4.67. The molecule has 100 valence electrons. The van der Waals surface area contributed by atoms with Crippen LogP contribution in [0.25, 0.3) is 0 Å². The van der Waals surface area contributed by atoms with Gasteiger partial charge in [0.25, 0.3) is 0 Å². The van der Waals surface area contributed by atoms with Gasteiger partial charge >= 0.3 is 5.97 Å². The quantitative estimate of drug-likeness (QED) is 0.805. The summed E-state index contributed by atoms with van der Waals surface area (Å²) in [5.41, 5.74) is 1.17. The molecule has 0 unspecified atom stereocenters. The van der Waals surface area contributed by atoms with Crippen LogP contribution in [0.5, 0.6) is 5.75 Å². The third kappa shape index (κ3) is 5.19. The summed E-state index contributed by atoms with van der Waals surface area (Å²) in [4.78, 5) is 12.7. The summed E-state index contributed by atoms with van der Waals surface area (Å²) in [6.07, 6.45) is 0. The maximum absolute atomic E-state index is 10.7. The fourth-order valence-corrected chi connectivity index (χ4v) is 1.66. The van der Waals surface area contributed by atoms with Gasteiger partial charge in [0.15, 0.2) is 0 Å². The van der Waals surface area contributed by atoms with E-state index in [2.05, 4.69) is 0 Å². The highest BCUT2D eigenvalue weighted by atomic mass is 16.5. The predicted molar refractivity (Wildman–Crippen MR) is 71.0 cm³/mol. The minimum absolute atomic E-state index is 0.353. The summed E-state index contributed by atoms with van der Waals surface area (Å²) in [6, 6.07) is 7.89. The number of nitrogens with zero attached hydrogens (tertiary/aromatic N) is 1. The fourth-order valence-electron chi connectivity index (χ4n) is 1.66. The molecule has 0 fully saturated rings. The molecule has 0 radical (unpaired) electrons. The Labute approximate surface area is 108 Å². The van der Waals surface area contributed by atoms with Crippen molar-refractivity contribution in [2.75, 3.05) is 26.7 Å². The van der Waals surface area contributed by atoms with Gasteiger partial charge in [0.05, 0.1) is 5.92 Å². The summed E-state index contributed by atoms with van der Waals surface area (Å²) < 4.78 is 5.61. The van der Waals surface area contributed by atoms with Gasteiger partial charge in [-0.05, 0) is 31.7 Å². The van der Waals surface area contributed by atoms with E-state index in [-0.39, 0.29) is 5.92 Å². The highest BCUT2D eigenvalue weighted by Gasteiger charge is 2.13. The Hall–Kier alpha value is -1.55. The van der Waals surface area contributed by atoms with Crippen LogP contribution < -0.4 is 4.74 Å². The van der Waals surface area contributed by atoms with Crippen molar-refractivity contribution in [3.05, 3.63) is 29.8 Å². The van der Waals surface area contributed by atoms with Crippen LogP contribution >= 0.6 is 0 Å². The van der Waals surface area contributed by atoms with Crippen molar-refractivity contribution in [2.45, 2.75) is 13.8 Å². The molecular weight excluding hydrogens is 230 g/mol. The largest absolute Gasteiger partial charge is 0.492 e. The van der Waals surface area contributed by atoms with Gasteiger partial charge in [-0.3, -0.25) is 4.79 Å². The molecule has 0 saturated heterocycles. The van der Waals surface area contributed by atoms with Crippen molar-refractivity contribution < 1.29 is 14.6 Å². The first kappa shape index (κ1) is 14.5. The van der Waals surface area contributed by atoms with Crippen molar-refractivity contribution in [3.63, 3.8) is 0 Å². The Balaban J connectivity index is 2.27. The third-order valence-electron chi connectivity index (χ3n) is 2.74. The Morgan fingerprint density at radius 1 is 1.50 bits per heavy atom. The highest BCUT2D eigenvalue weighted by Crippen LogP contribution is 2.12. The van der Waals surface area contributed by atoms with Crippen LogP contribution in [0.3, 0.4) is 0 Å². The average molecular weight is 251 g/mol. The van der Waals surface area contributed by atoms with Crippen molar-refractivity contribution in [2.24, 2.45) is 5.92 Å². The van der Waals surface area contributed by atoms with Gasteiger partial charge < -0.3 is 14.7 Å². The summed E-state index contributed by atoms with van der Waals surface area (Å²) in [5, 5.41) is 8.81. The Bertz CT molecular complexity index is 392. The average Bonchev–Trinajstić information content (AvgIpc) is 2.28. The normalized spacial score (nSPS) is 12.4. The second kappa shape index (κ2) is 7.01. The van der Waals surface area contributed by atoms with E-state index in [9.17, 15) is 4.79 Å². The summed E-state index contributed by atoms with van der Waals surface area (Å²) >= 11 is 0. The van der Waals surface area contributed by atoms with Gasteiger partial charge in [0, 0.05) is 13.1 Å². The number of aliphatic carboxylic acids is 1. The van der Waals surface area contributed by atoms with Crippen LogP contribution in [0.15, 0.2) is 24.3 Å². The van der Waals surface area contributed by atoms with E-state index in [4.69, 9.17) is 9.84 Å². The number of aryl methyl sites for hydroxylation is 1. The third-order valence-corrected chi connectivity index (χ3v) is 2.74. The lowest BCUT2D eigenvalue weighted by Crippen LogP contribution is -2.31. The van der Waals surface area contributed by atoms with E-state index in [1.54, 1.807) is 6.92 Å². The minimum Gasteiger partial charge on any atom is -0.492 e. The molecular formula is C14H21NO3. The van der Waals surface area contributed by atoms with E-state index in [1.165, 1.54) is 5.56 Å². The van der Waals surface area contributed by atoms with Gasteiger partial charge in [-0.1, -0.05) is 19.1 Å². The molecule has 0 spiro atoms. The van der Waals surface area contributed by atoms with Gasteiger partial charge in [-0.2, -0.15) is 0 Å². The first-order valence-corrected chi connectivity index (χ1v) is 6.10. The predicted octanol–water partition coefficient (Wildman–Crippen LogP) is 2.03. The molecule has 0 amide bonds. The monoisotopic (exact) mass is 251 g/mol. The van der Waals surface area contributed by atoms with Crippen LogP contribution in [-0.2, 0) is 4.79 Å². The maximum atomic E-state index is 10.7. The molecule has 1 N–H and O–H groups in total. The smallest absolute Gasteiger partial charge is 0.307 e. The highest BCUT2D eigenvalue weighted by molar-refractivity contribution is 5.69. The van der Waals surface area contributed by atoms with E-state index in [0.717, 1.165) is 5.75 Å². The zero-order valence-corrected chi connectivity index (χ0v) is 11.2. The van der Waals surface area contributed by atoms with Crippen LogP contribution in [0, 0.1) is 12.8 Å². The molecule has 4 nitrogen and oxygen atoms in total. The SMILES string of the molecule is Cc1cccc(OCCN(C)C[C@H](C)C(=O)O)c1. The number of rotatable bonds is 7. The molecule has 4 heteroatoms. The van der Waals surface area contributed by atoms with Crippen LogP contribution in [0.1, 0.15) is 12.5 Å². The molecule has 0 aliphatic carbocycles. The maximum Gasteiger partial charge on any atom is 0.307 e. The number of carboxylic acids is 1.